The minimum Gasteiger partial charge on any atom is -0.508 e. The first-order valence-corrected chi connectivity index (χ1v) is 16.5. The summed E-state index contributed by atoms with van der Waals surface area (Å²) in [6, 6.07) is 7.10. The third-order valence-corrected chi connectivity index (χ3v) is 9.33. The number of phenols is 2. The Bertz CT molecular complexity index is 1800. The molecular formula is C33H40O21. The van der Waals surface area contributed by atoms with Gasteiger partial charge in [-0.2, -0.15) is 0 Å². The molecule has 3 aliphatic rings. The number of fused-ring (bicyclic) bond motifs is 1. The lowest BCUT2D eigenvalue weighted by atomic mass is 9.97. The highest BCUT2D eigenvalue weighted by atomic mass is 16.8. The fraction of sp³-hybridized carbons (Fsp3) is 0.545. The Kier molecular flexibility index (Phi) is 11.9. The van der Waals surface area contributed by atoms with Crippen LogP contribution in [0, 0.1) is 0 Å². The predicted octanol–water partition coefficient (Wildman–Crippen LogP) is -4.95. The van der Waals surface area contributed by atoms with E-state index >= 15 is 0 Å². The van der Waals surface area contributed by atoms with Crippen LogP contribution in [-0.4, -0.2) is 178 Å². The van der Waals surface area contributed by atoms with Gasteiger partial charge in [0.15, 0.2) is 18.2 Å². The van der Waals surface area contributed by atoms with Gasteiger partial charge in [-0.3, -0.25) is 4.79 Å². The second-order valence-electron chi connectivity index (χ2n) is 12.9. The predicted molar refractivity (Wildman–Crippen MR) is 173 cm³/mol. The Hall–Kier alpha value is -3.75. The molecule has 21 heteroatoms. The van der Waals surface area contributed by atoms with Crippen molar-refractivity contribution in [2.24, 2.45) is 0 Å². The Balaban J connectivity index is 1.37. The van der Waals surface area contributed by atoms with Crippen molar-refractivity contribution in [1.29, 1.82) is 0 Å². The smallest absolute Gasteiger partial charge is 0.239 e. The number of aliphatic hydroxyl groups excluding tert-OH is 11. The van der Waals surface area contributed by atoms with Gasteiger partial charge in [-0.05, 0) is 24.3 Å². The Morgan fingerprint density at radius 1 is 0.593 bits per heavy atom. The molecule has 2 aromatic carbocycles. The quantitative estimate of drug-likeness (QED) is 0.0918. The topological polar surface area (TPSA) is 349 Å². The van der Waals surface area contributed by atoms with E-state index in [1.54, 1.807) is 0 Å². The molecule has 0 spiro atoms. The van der Waals surface area contributed by atoms with E-state index in [1.807, 2.05) is 0 Å². The standard InChI is InChI=1S/C33H40O21/c34-7-15-19(39)23(43)26(46)31(50-15)48-12-3-1-10(2-4-12)28-29(22(42)18-13(38)5-11(37)6-14(18)49-28)53-33-30(25(45)21(41)17(9-36)52-33)54-32-27(47)24(44)20(40)16(8-35)51-32/h1-6,15-17,19-21,23-27,30-41,43-47H,7-9H2. The monoisotopic (exact) mass is 772 g/mol. The zero-order valence-corrected chi connectivity index (χ0v) is 27.8. The molecule has 21 nitrogen and oxygen atoms in total. The SMILES string of the molecule is O=c1c(OC2OC(CO)C(O)C(O)C2OC2OC(CO)C(O)C(O)C2O)c(-c2ccc(OC3OC(CO)C(O)C(O)C3O)cc2)oc2cc(O)cc(O)c12. The van der Waals surface area contributed by atoms with Crippen LogP contribution < -0.4 is 14.9 Å². The molecule has 4 heterocycles. The van der Waals surface area contributed by atoms with Crippen LogP contribution in [-0.2, 0) is 18.9 Å². The van der Waals surface area contributed by atoms with E-state index in [2.05, 4.69) is 0 Å². The first kappa shape index (κ1) is 39.9. The first-order valence-electron chi connectivity index (χ1n) is 16.5. The summed E-state index contributed by atoms with van der Waals surface area (Å²) in [6.07, 6.45) is -26.2. The maximum absolute atomic E-state index is 14.0. The van der Waals surface area contributed by atoms with E-state index < -0.39 is 146 Å². The number of rotatable bonds is 10. The van der Waals surface area contributed by atoms with E-state index in [0.29, 0.717) is 0 Å². The van der Waals surface area contributed by atoms with E-state index in [9.17, 15) is 71.2 Å². The van der Waals surface area contributed by atoms with Gasteiger partial charge in [0, 0.05) is 17.7 Å². The fourth-order valence-corrected chi connectivity index (χ4v) is 6.30. The molecule has 0 aliphatic carbocycles. The highest BCUT2D eigenvalue weighted by molar-refractivity contribution is 5.88. The van der Waals surface area contributed by atoms with Crippen LogP contribution in [0.3, 0.4) is 0 Å². The summed E-state index contributed by atoms with van der Waals surface area (Å²) in [5.41, 5.74) is -1.35. The maximum Gasteiger partial charge on any atom is 0.239 e. The molecule has 0 amide bonds. The average molecular weight is 773 g/mol. The Morgan fingerprint density at radius 3 is 1.69 bits per heavy atom. The lowest BCUT2D eigenvalue weighted by molar-refractivity contribution is -0.358. The molecule has 3 fully saturated rings. The molecule has 3 aromatic rings. The van der Waals surface area contributed by atoms with Crippen molar-refractivity contribution >= 4 is 11.0 Å². The number of hydrogen-bond acceptors (Lipinski definition) is 21. The van der Waals surface area contributed by atoms with Gasteiger partial charge in [0.05, 0.1) is 19.8 Å². The van der Waals surface area contributed by atoms with Crippen molar-refractivity contribution in [2.75, 3.05) is 19.8 Å². The minimum atomic E-state index is -2.01. The molecule has 15 unspecified atom stereocenters. The number of hydrogen-bond donors (Lipinski definition) is 13. The largest absolute Gasteiger partial charge is 0.508 e. The summed E-state index contributed by atoms with van der Waals surface area (Å²) >= 11 is 0. The first-order chi connectivity index (χ1) is 25.7. The number of benzene rings is 2. The molecule has 54 heavy (non-hydrogen) atoms. The van der Waals surface area contributed by atoms with Crippen LogP contribution in [0.15, 0.2) is 45.6 Å². The molecule has 15 atom stereocenters. The second kappa shape index (κ2) is 16.2. The third-order valence-electron chi connectivity index (χ3n) is 9.33. The van der Waals surface area contributed by atoms with E-state index in [4.69, 9.17) is 32.8 Å². The molecular weight excluding hydrogens is 732 g/mol. The lowest BCUT2D eigenvalue weighted by Gasteiger charge is -2.45. The van der Waals surface area contributed by atoms with Gasteiger partial charge in [-0.1, -0.05) is 0 Å². The Morgan fingerprint density at radius 2 is 1.11 bits per heavy atom. The number of phenolic OH excluding ortho intramolecular Hbond substituents is 2. The summed E-state index contributed by atoms with van der Waals surface area (Å²) in [5, 5.41) is 133. The summed E-state index contributed by atoms with van der Waals surface area (Å²) in [5.74, 6) is -2.33. The lowest BCUT2D eigenvalue weighted by Crippen LogP contribution is -2.65. The summed E-state index contributed by atoms with van der Waals surface area (Å²) in [7, 11) is 0. The zero-order chi connectivity index (χ0) is 39.2. The molecule has 6 rings (SSSR count). The molecule has 3 aliphatic heterocycles. The van der Waals surface area contributed by atoms with Gasteiger partial charge in [-0.25, -0.2) is 0 Å². The van der Waals surface area contributed by atoms with E-state index in [-0.39, 0.29) is 16.9 Å². The third kappa shape index (κ3) is 7.45. The average Bonchev–Trinajstić information content (AvgIpc) is 3.15. The normalized spacial score (nSPS) is 37.3. The van der Waals surface area contributed by atoms with E-state index in [1.165, 1.54) is 24.3 Å². The van der Waals surface area contributed by atoms with Gasteiger partial charge < -0.3 is 99.2 Å². The molecule has 3 saturated heterocycles. The molecule has 0 saturated carbocycles. The minimum absolute atomic E-state index is 0.00970. The second-order valence-corrected chi connectivity index (χ2v) is 12.9. The molecule has 298 valence electrons. The van der Waals surface area contributed by atoms with Crippen molar-refractivity contribution in [3.8, 4) is 34.3 Å². The number of aromatic hydroxyl groups is 2. The van der Waals surface area contributed by atoms with Crippen molar-refractivity contribution in [3.63, 3.8) is 0 Å². The molecule has 0 bridgehead atoms. The van der Waals surface area contributed by atoms with Gasteiger partial charge in [0.25, 0.3) is 0 Å². The molecule has 13 N–H and O–H groups in total. The molecule has 0 radical (unpaired) electrons. The van der Waals surface area contributed by atoms with Crippen molar-refractivity contribution in [1.82, 2.24) is 0 Å². The van der Waals surface area contributed by atoms with Gasteiger partial charge in [-0.15, -0.1) is 0 Å². The van der Waals surface area contributed by atoms with Crippen molar-refractivity contribution < 1.29 is 99.2 Å². The Labute approximate surface area is 303 Å². The van der Waals surface area contributed by atoms with Gasteiger partial charge in [0.2, 0.25) is 23.8 Å². The van der Waals surface area contributed by atoms with Crippen LogP contribution in [0.4, 0.5) is 0 Å². The van der Waals surface area contributed by atoms with Crippen LogP contribution in [0.1, 0.15) is 0 Å². The summed E-state index contributed by atoms with van der Waals surface area (Å²) < 4.78 is 39.6. The van der Waals surface area contributed by atoms with Crippen LogP contribution in [0.5, 0.6) is 23.0 Å². The highest BCUT2D eigenvalue weighted by Gasteiger charge is 2.52. The number of ether oxygens (including phenoxy) is 6. The van der Waals surface area contributed by atoms with Crippen LogP contribution >= 0.6 is 0 Å². The van der Waals surface area contributed by atoms with Crippen molar-refractivity contribution in [2.45, 2.75) is 92.1 Å². The van der Waals surface area contributed by atoms with Crippen LogP contribution in [0.25, 0.3) is 22.3 Å². The summed E-state index contributed by atoms with van der Waals surface area (Å²) in [6.45, 7) is -2.43. The van der Waals surface area contributed by atoms with E-state index in [0.717, 1.165) is 12.1 Å². The fourth-order valence-electron chi connectivity index (χ4n) is 6.30. The zero-order valence-electron chi connectivity index (χ0n) is 27.8. The van der Waals surface area contributed by atoms with Gasteiger partial charge in [0.1, 0.15) is 95.4 Å². The highest BCUT2D eigenvalue weighted by Crippen LogP contribution is 2.39. The molecule has 1 aromatic heterocycles. The maximum atomic E-state index is 14.0. The van der Waals surface area contributed by atoms with Crippen molar-refractivity contribution in [3.05, 3.63) is 46.6 Å². The van der Waals surface area contributed by atoms with Gasteiger partial charge >= 0.3 is 0 Å². The number of aliphatic hydroxyl groups is 11. The summed E-state index contributed by atoms with van der Waals surface area (Å²) in [4.78, 5) is 14.0. The van der Waals surface area contributed by atoms with Crippen LogP contribution in [0.2, 0.25) is 0 Å².